The van der Waals surface area contributed by atoms with Gasteiger partial charge >= 0.3 is 18.0 Å². The van der Waals surface area contributed by atoms with Crippen molar-refractivity contribution in [1.29, 1.82) is 0 Å². The Hall–Kier alpha value is -4.15. The summed E-state index contributed by atoms with van der Waals surface area (Å²) in [6, 6.07) is -1.09. The van der Waals surface area contributed by atoms with Gasteiger partial charge in [0, 0.05) is 23.4 Å². The van der Waals surface area contributed by atoms with Crippen molar-refractivity contribution in [3.63, 3.8) is 0 Å². The molecule has 0 aromatic carbocycles. The van der Waals surface area contributed by atoms with Crippen molar-refractivity contribution < 1.29 is 43.4 Å². The highest BCUT2D eigenvalue weighted by Gasteiger charge is 2.54. The molecule has 3 amide bonds. The highest BCUT2D eigenvalue weighted by Crippen LogP contribution is 2.41. The van der Waals surface area contributed by atoms with E-state index in [1.165, 1.54) is 33.6 Å². The van der Waals surface area contributed by atoms with Gasteiger partial charge in [0.2, 0.25) is 11.8 Å². The van der Waals surface area contributed by atoms with Crippen LogP contribution >= 0.6 is 47.3 Å². The number of β-lactam (4-membered cyclic amide) rings is 1. The number of amides is 3. The SMILES string of the molecule is CC(C)(C)OC(=O)CON=C(C(=O)NC1C(=O)N2C(C(=O)O)=C(CSc3nnnn3CCNC(=O)OC(C)(C)C)CS[C@H]12)c1csc(N)n1.Cl. The Labute approximate surface area is 304 Å². The summed E-state index contributed by atoms with van der Waals surface area (Å²) in [5.74, 6) is -3.13. The Morgan fingerprint density at radius 3 is 2.48 bits per heavy atom. The maximum Gasteiger partial charge on any atom is 0.407 e. The third-order valence-electron chi connectivity index (χ3n) is 6.14. The van der Waals surface area contributed by atoms with E-state index in [-0.39, 0.29) is 59.2 Å². The number of aliphatic carboxylic acids is 1. The maximum atomic E-state index is 13.3. The van der Waals surface area contributed by atoms with Gasteiger partial charge in [0.1, 0.15) is 34.0 Å². The van der Waals surface area contributed by atoms with Gasteiger partial charge in [0.05, 0.1) is 6.54 Å². The molecule has 2 aliphatic heterocycles. The lowest BCUT2D eigenvalue weighted by Gasteiger charge is -2.49. The molecule has 1 saturated heterocycles. The molecule has 4 rings (SSSR count). The summed E-state index contributed by atoms with van der Waals surface area (Å²) in [5.41, 5.74) is 4.29. The summed E-state index contributed by atoms with van der Waals surface area (Å²) in [7, 11) is 0. The van der Waals surface area contributed by atoms with Gasteiger partial charge in [-0.05, 0) is 57.5 Å². The molecule has 2 aromatic rings. The Kier molecular flexibility index (Phi) is 13.5. The zero-order chi connectivity index (χ0) is 36.1. The number of esters is 1. The maximum absolute atomic E-state index is 13.3. The fourth-order valence-corrected chi connectivity index (χ4v) is 7.23. The molecule has 50 heavy (non-hydrogen) atoms. The zero-order valence-corrected chi connectivity index (χ0v) is 31.1. The molecule has 23 heteroatoms. The molecule has 0 bridgehead atoms. The number of nitrogens with two attached hydrogens (primary N) is 1. The number of carboxylic acid groups (broad SMARTS) is 1. The normalized spacial score (nSPS) is 17.6. The molecular weight excluding hydrogens is 740 g/mol. The number of fused-ring (bicyclic) bond motifs is 1. The quantitative estimate of drug-likeness (QED) is 0.0734. The second-order valence-electron chi connectivity index (χ2n) is 12.4. The number of nitrogens with one attached hydrogen (secondary N) is 2. The summed E-state index contributed by atoms with van der Waals surface area (Å²) in [6.45, 7) is 10.1. The minimum atomic E-state index is -1.31. The van der Waals surface area contributed by atoms with E-state index in [4.69, 9.17) is 20.0 Å². The van der Waals surface area contributed by atoms with E-state index >= 15 is 0 Å². The van der Waals surface area contributed by atoms with Crippen molar-refractivity contribution in [3.8, 4) is 0 Å². The van der Waals surface area contributed by atoms with E-state index in [0.29, 0.717) is 10.7 Å². The largest absolute Gasteiger partial charge is 0.477 e. The lowest BCUT2D eigenvalue weighted by atomic mass is 10.0. The summed E-state index contributed by atoms with van der Waals surface area (Å²) in [4.78, 5) is 73.2. The zero-order valence-electron chi connectivity index (χ0n) is 27.8. The average Bonchev–Trinajstić information content (AvgIpc) is 3.62. The molecule has 274 valence electrons. The van der Waals surface area contributed by atoms with Gasteiger partial charge in [0.25, 0.3) is 11.8 Å². The van der Waals surface area contributed by atoms with Crippen molar-refractivity contribution in [2.45, 2.75) is 75.9 Å². The summed E-state index contributed by atoms with van der Waals surface area (Å²) in [5, 5.41) is 31.9. The Morgan fingerprint density at radius 2 is 1.86 bits per heavy atom. The number of rotatable bonds is 13. The fourth-order valence-electron chi connectivity index (χ4n) is 4.30. The van der Waals surface area contributed by atoms with Crippen LogP contribution in [0.4, 0.5) is 9.93 Å². The van der Waals surface area contributed by atoms with Crippen LogP contribution in [0.1, 0.15) is 47.2 Å². The van der Waals surface area contributed by atoms with Crippen molar-refractivity contribution in [3.05, 3.63) is 22.3 Å². The first-order valence-corrected chi connectivity index (χ1v) is 17.5. The van der Waals surface area contributed by atoms with Gasteiger partial charge in [-0.1, -0.05) is 16.9 Å². The minimum absolute atomic E-state index is 0. The summed E-state index contributed by atoms with van der Waals surface area (Å²) in [6.07, 6.45) is -0.587. The van der Waals surface area contributed by atoms with E-state index in [1.54, 1.807) is 41.5 Å². The Balaban J connectivity index is 0.00000676. The van der Waals surface area contributed by atoms with Crippen LogP contribution in [0.3, 0.4) is 0 Å². The first-order chi connectivity index (χ1) is 22.9. The first kappa shape index (κ1) is 40.3. The molecule has 2 atom stereocenters. The number of halogens is 1. The third-order valence-corrected chi connectivity index (χ3v) is 9.20. The number of hydrogen-bond donors (Lipinski definition) is 4. The predicted molar refractivity (Wildman–Crippen MR) is 185 cm³/mol. The van der Waals surface area contributed by atoms with Crippen molar-refractivity contribution in [2.75, 3.05) is 30.4 Å². The molecule has 19 nitrogen and oxygen atoms in total. The predicted octanol–water partition coefficient (Wildman–Crippen LogP) is 1.25. The van der Waals surface area contributed by atoms with Crippen LogP contribution in [-0.4, -0.2) is 118 Å². The number of nitrogen functional groups attached to an aromatic ring is 1. The fraction of sp³-hybridized carbons (Fsp3) is 0.556. The van der Waals surface area contributed by atoms with Crippen LogP contribution in [0.15, 0.2) is 27.0 Å². The Bertz CT molecular complexity index is 1670. The number of carbonyl (C=O) groups excluding carboxylic acids is 4. The van der Waals surface area contributed by atoms with Gasteiger partial charge in [-0.2, -0.15) is 0 Å². The van der Waals surface area contributed by atoms with Crippen LogP contribution < -0.4 is 16.4 Å². The molecule has 1 fully saturated rings. The number of anilines is 1. The molecule has 2 aromatic heterocycles. The second-order valence-corrected chi connectivity index (χ2v) is 15.3. The number of alkyl carbamates (subject to hydrolysis) is 1. The Morgan fingerprint density at radius 1 is 1.16 bits per heavy atom. The van der Waals surface area contributed by atoms with Crippen LogP contribution in [0.2, 0.25) is 0 Å². The van der Waals surface area contributed by atoms with Gasteiger partial charge in [-0.25, -0.2) is 24.0 Å². The van der Waals surface area contributed by atoms with Crippen LogP contribution in [-0.2, 0) is 40.0 Å². The number of thioether (sulfide) groups is 2. The number of carboxylic acids is 1. The second kappa shape index (κ2) is 16.7. The molecule has 4 heterocycles. The number of nitrogens with zero attached hydrogens (tertiary/aromatic N) is 7. The molecule has 0 radical (unpaired) electrons. The molecule has 1 unspecified atom stereocenters. The monoisotopic (exact) mass is 776 g/mol. The number of thiazole rings is 1. The molecule has 0 aliphatic carbocycles. The number of carbonyl (C=O) groups is 5. The average molecular weight is 777 g/mol. The summed E-state index contributed by atoms with van der Waals surface area (Å²) >= 11 is 3.48. The lowest BCUT2D eigenvalue weighted by Crippen LogP contribution is -2.71. The highest BCUT2D eigenvalue weighted by molar-refractivity contribution is 8.01. The topological polar surface area (TPSA) is 255 Å². The highest BCUT2D eigenvalue weighted by atomic mass is 35.5. The smallest absolute Gasteiger partial charge is 0.407 e. The van der Waals surface area contributed by atoms with E-state index in [0.717, 1.165) is 16.2 Å². The third kappa shape index (κ3) is 10.7. The molecule has 0 spiro atoms. The van der Waals surface area contributed by atoms with Crippen LogP contribution in [0, 0.1) is 0 Å². The molecule has 5 N–H and O–H groups in total. The first-order valence-electron chi connectivity index (χ1n) is 14.6. The van der Waals surface area contributed by atoms with Gasteiger partial charge in [-0.15, -0.1) is 40.6 Å². The van der Waals surface area contributed by atoms with Crippen LogP contribution in [0.5, 0.6) is 0 Å². The van der Waals surface area contributed by atoms with E-state index in [1.807, 2.05) is 0 Å². The van der Waals surface area contributed by atoms with Gasteiger partial charge in [-0.3, -0.25) is 14.5 Å². The standard InChI is InChI=1S/C27H36N10O9S3.ClH/c1-26(2,3)45-15(38)9-44-33-16(14-12-48-23(28)30-14)19(39)31-17-20(40)37-18(22(41)42)13(10-47-21(17)37)11-49-24-32-34-35-36(24)8-7-29-25(43)46-27(4,5)6;/h12,17,21H,7-11H2,1-6H3,(H2,28,30)(H,29,43)(H,31,39)(H,41,42);1H/t17?,21-;/m1./s1. The van der Waals surface area contributed by atoms with Gasteiger partial charge < -0.3 is 35.8 Å². The minimum Gasteiger partial charge on any atom is -0.477 e. The van der Waals surface area contributed by atoms with Gasteiger partial charge in [0.15, 0.2) is 10.8 Å². The van der Waals surface area contributed by atoms with E-state index in [2.05, 4.69) is 36.3 Å². The number of hydrogen-bond acceptors (Lipinski definition) is 17. The number of tetrazole rings is 1. The number of ether oxygens (including phenoxy) is 2. The van der Waals surface area contributed by atoms with E-state index in [9.17, 15) is 29.1 Å². The molecular formula is C27H37ClN10O9S3. The summed E-state index contributed by atoms with van der Waals surface area (Å²) < 4.78 is 11.8. The number of oxime groups is 1. The molecule has 2 aliphatic rings. The van der Waals surface area contributed by atoms with Crippen molar-refractivity contribution >= 4 is 88.0 Å². The van der Waals surface area contributed by atoms with E-state index < -0.39 is 59.1 Å². The van der Waals surface area contributed by atoms with Crippen LogP contribution in [0.25, 0.3) is 0 Å². The van der Waals surface area contributed by atoms with Crippen molar-refractivity contribution in [2.24, 2.45) is 5.16 Å². The lowest BCUT2D eigenvalue weighted by molar-refractivity contribution is -0.160. The number of aromatic nitrogens is 5. The molecule has 0 saturated carbocycles. The van der Waals surface area contributed by atoms with Crippen molar-refractivity contribution in [1.82, 2.24) is 40.7 Å².